The number of furan rings is 2. The molecule has 0 saturated heterocycles. The topological polar surface area (TPSA) is 84.5 Å². The molecule has 3 rings (SSSR count). The van der Waals surface area contributed by atoms with Crippen LogP contribution in [-0.4, -0.2) is 18.4 Å². The van der Waals surface area contributed by atoms with Gasteiger partial charge >= 0.3 is 0 Å². The average Bonchev–Trinajstić information content (AvgIpc) is 3.30. The molecule has 0 aliphatic carbocycles. The Morgan fingerprint density at radius 2 is 1.96 bits per heavy atom. The fraction of sp³-hybridized carbons (Fsp3) is 0.200. The highest BCUT2D eigenvalue weighted by atomic mass is 16.3. The molecule has 6 nitrogen and oxygen atoms in total. The summed E-state index contributed by atoms with van der Waals surface area (Å²) in [4.78, 5) is 23.7. The van der Waals surface area contributed by atoms with Gasteiger partial charge in [0.15, 0.2) is 0 Å². The second-order valence-electron chi connectivity index (χ2n) is 5.70. The van der Waals surface area contributed by atoms with Crippen LogP contribution in [0.3, 0.4) is 0 Å². The molecule has 0 bridgehead atoms. The molecular weight excluding hydrogens is 332 g/mol. The number of nitrogens with one attached hydrogen (secondary N) is 2. The zero-order valence-electron chi connectivity index (χ0n) is 14.5. The van der Waals surface area contributed by atoms with E-state index in [2.05, 4.69) is 10.6 Å². The Morgan fingerprint density at radius 1 is 1.12 bits per heavy atom. The Labute approximate surface area is 150 Å². The van der Waals surface area contributed by atoms with Gasteiger partial charge in [-0.2, -0.15) is 0 Å². The van der Waals surface area contributed by atoms with Crippen molar-refractivity contribution in [2.45, 2.75) is 19.9 Å². The molecule has 0 unspecified atom stereocenters. The Balaban J connectivity index is 1.55. The van der Waals surface area contributed by atoms with Crippen LogP contribution in [0.4, 0.5) is 0 Å². The number of hydrogen-bond donors (Lipinski definition) is 2. The molecule has 2 amide bonds. The highest BCUT2D eigenvalue weighted by Gasteiger charge is 2.10. The van der Waals surface area contributed by atoms with E-state index in [1.807, 2.05) is 31.2 Å². The molecule has 6 heteroatoms. The average molecular weight is 352 g/mol. The van der Waals surface area contributed by atoms with Crippen molar-refractivity contribution in [1.82, 2.24) is 10.6 Å². The van der Waals surface area contributed by atoms with Crippen LogP contribution in [-0.2, 0) is 22.6 Å². The molecule has 0 aliphatic rings. The summed E-state index contributed by atoms with van der Waals surface area (Å²) >= 11 is 0. The molecule has 3 aromatic rings. The fourth-order valence-corrected chi connectivity index (χ4v) is 2.61. The van der Waals surface area contributed by atoms with Crippen molar-refractivity contribution < 1.29 is 18.4 Å². The van der Waals surface area contributed by atoms with Crippen molar-refractivity contribution in [2.24, 2.45) is 0 Å². The third-order valence-electron chi connectivity index (χ3n) is 3.90. The van der Waals surface area contributed by atoms with Gasteiger partial charge in [0, 0.05) is 23.4 Å². The summed E-state index contributed by atoms with van der Waals surface area (Å²) in [6.07, 6.45) is 5.40. The van der Waals surface area contributed by atoms with Gasteiger partial charge < -0.3 is 19.5 Å². The van der Waals surface area contributed by atoms with Gasteiger partial charge in [0.2, 0.25) is 11.8 Å². The first-order valence-electron chi connectivity index (χ1n) is 8.42. The normalized spacial score (nSPS) is 11.1. The van der Waals surface area contributed by atoms with E-state index < -0.39 is 0 Å². The Kier molecular flexibility index (Phi) is 5.53. The first kappa shape index (κ1) is 17.5. The zero-order chi connectivity index (χ0) is 18.4. The number of para-hydroxylation sites is 1. The molecule has 0 radical (unpaired) electrons. The van der Waals surface area contributed by atoms with Gasteiger partial charge in [-0.1, -0.05) is 25.1 Å². The zero-order valence-corrected chi connectivity index (χ0v) is 14.5. The molecule has 26 heavy (non-hydrogen) atoms. The van der Waals surface area contributed by atoms with E-state index in [1.165, 1.54) is 12.3 Å². The number of carbonyl (C=O) groups is 2. The summed E-state index contributed by atoms with van der Waals surface area (Å²) in [5.74, 6) is 0.853. The van der Waals surface area contributed by atoms with Crippen molar-refractivity contribution in [2.75, 3.05) is 6.54 Å². The lowest BCUT2D eigenvalue weighted by atomic mass is 10.1. The second-order valence-corrected chi connectivity index (χ2v) is 5.70. The van der Waals surface area contributed by atoms with Gasteiger partial charge in [0.05, 0.1) is 19.4 Å². The summed E-state index contributed by atoms with van der Waals surface area (Å²) in [6, 6.07) is 11.2. The third kappa shape index (κ3) is 4.22. The smallest absolute Gasteiger partial charge is 0.244 e. The molecule has 2 N–H and O–H groups in total. The number of hydrogen-bond acceptors (Lipinski definition) is 4. The molecule has 134 valence electrons. The van der Waals surface area contributed by atoms with Crippen molar-refractivity contribution >= 4 is 28.9 Å². The first-order valence-corrected chi connectivity index (χ1v) is 8.42. The van der Waals surface area contributed by atoms with Crippen LogP contribution in [0.15, 0.2) is 57.6 Å². The monoisotopic (exact) mass is 352 g/mol. The van der Waals surface area contributed by atoms with E-state index in [0.29, 0.717) is 12.3 Å². The number of rotatable bonds is 7. The number of benzene rings is 1. The van der Waals surface area contributed by atoms with Gasteiger partial charge in [0.25, 0.3) is 0 Å². The molecule has 0 fully saturated rings. The Hall–Kier alpha value is -3.28. The highest BCUT2D eigenvalue weighted by Crippen LogP contribution is 2.27. The van der Waals surface area contributed by atoms with Crippen molar-refractivity contribution in [1.29, 1.82) is 0 Å². The summed E-state index contributed by atoms with van der Waals surface area (Å²) in [5.41, 5.74) is 1.68. The van der Waals surface area contributed by atoms with Crippen molar-refractivity contribution in [3.63, 3.8) is 0 Å². The number of fused-ring (bicyclic) bond motifs is 1. The summed E-state index contributed by atoms with van der Waals surface area (Å²) in [7, 11) is 0. The summed E-state index contributed by atoms with van der Waals surface area (Å²) < 4.78 is 10.9. The minimum Gasteiger partial charge on any atom is -0.467 e. The lowest BCUT2D eigenvalue weighted by molar-refractivity contribution is -0.124. The molecule has 0 saturated carbocycles. The van der Waals surface area contributed by atoms with Crippen molar-refractivity contribution in [3.8, 4) is 0 Å². The summed E-state index contributed by atoms with van der Waals surface area (Å²) in [6.45, 7) is 2.19. The quantitative estimate of drug-likeness (QED) is 0.640. The molecule has 1 aromatic carbocycles. The SMILES string of the molecule is CCc1oc2ccccc2c1/C=C/C(=O)NCC(=O)NCc1ccco1. The lowest BCUT2D eigenvalue weighted by Crippen LogP contribution is -2.35. The molecule has 2 aromatic heterocycles. The number of aryl methyl sites for hydroxylation is 1. The van der Waals surface area contributed by atoms with Gasteiger partial charge in [-0.05, 0) is 24.3 Å². The standard InChI is InChI=1S/C20H20N2O4/c1-2-17-16(15-7-3-4-8-18(15)26-17)9-10-19(23)22-13-20(24)21-12-14-6-5-11-25-14/h3-11H,2,12-13H2,1H3,(H,21,24)(H,22,23)/b10-9+. The first-order chi connectivity index (χ1) is 12.7. The predicted molar refractivity (Wildman–Crippen MR) is 98.2 cm³/mol. The molecule has 0 aliphatic heterocycles. The second kappa shape index (κ2) is 8.20. The van der Waals surface area contributed by atoms with Crippen LogP contribution in [0.2, 0.25) is 0 Å². The van der Waals surface area contributed by atoms with Crippen molar-refractivity contribution in [3.05, 3.63) is 65.8 Å². The molecular formula is C20H20N2O4. The maximum Gasteiger partial charge on any atom is 0.244 e. The predicted octanol–water partition coefficient (Wildman–Crippen LogP) is 3.03. The van der Waals surface area contributed by atoms with Gasteiger partial charge in [0.1, 0.15) is 17.1 Å². The van der Waals surface area contributed by atoms with Crippen LogP contribution >= 0.6 is 0 Å². The van der Waals surface area contributed by atoms with E-state index in [-0.39, 0.29) is 18.4 Å². The van der Waals surface area contributed by atoms with E-state index in [9.17, 15) is 9.59 Å². The molecule has 2 heterocycles. The minimum atomic E-state index is -0.342. The number of amides is 2. The Morgan fingerprint density at radius 3 is 2.73 bits per heavy atom. The lowest BCUT2D eigenvalue weighted by Gasteiger charge is -2.03. The Bertz CT molecular complexity index is 923. The number of carbonyl (C=O) groups excluding carboxylic acids is 2. The fourth-order valence-electron chi connectivity index (χ4n) is 2.61. The van der Waals surface area contributed by atoms with E-state index in [0.717, 1.165) is 28.7 Å². The maximum absolute atomic E-state index is 12.0. The van der Waals surface area contributed by atoms with E-state index in [1.54, 1.807) is 18.2 Å². The van der Waals surface area contributed by atoms with Crippen LogP contribution in [0, 0.1) is 0 Å². The van der Waals surface area contributed by atoms with Crippen LogP contribution in [0.5, 0.6) is 0 Å². The third-order valence-corrected chi connectivity index (χ3v) is 3.90. The van der Waals surface area contributed by atoms with Gasteiger partial charge in [-0.3, -0.25) is 9.59 Å². The molecule has 0 spiro atoms. The van der Waals surface area contributed by atoms with Gasteiger partial charge in [-0.15, -0.1) is 0 Å². The molecule has 0 atom stereocenters. The van der Waals surface area contributed by atoms with Crippen LogP contribution in [0.25, 0.3) is 17.0 Å². The highest BCUT2D eigenvalue weighted by molar-refractivity contribution is 5.97. The van der Waals surface area contributed by atoms with Crippen LogP contribution < -0.4 is 10.6 Å². The minimum absolute atomic E-state index is 0.101. The van der Waals surface area contributed by atoms with E-state index in [4.69, 9.17) is 8.83 Å². The summed E-state index contributed by atoms with van der Waals surface area (Å²) in [5, 5.41) is 6.19. The maximum atomic E-state index is 12.0. The van der Waals surface area contributed by atoms with E-state index >= 15 is 0 Å². The van der Waals surface area contributed by atoms with Crippen LogP contribution in [0.1, 0.15) is 24.0 Å². The largest absolute Gasteiger partial charge is 0.467 e. The van der Waals surface area contributed by atoms with Gasteiger partial charge in [-0.25, -0.2) is 0 Å².